The molecule has 0 atom stereocenters. The van der Waals surface area contributed by atoms with Crippen molar-refractivity contribution in [1.82, 2.24) is 9.97 Å². The number of nitrogens with zero attached hydrogens (tertiary/aromatic N) is 2. The number of amides is 1. The van der Waals surface area contributed by atoms with Crippen molar-refractivity contribution >= 4 is 39.4 Å². The summed E-state index contributed by atoms with van der Waals surface area (Å²) in [6, 6.07) is 10.4. The van der Waals surface area contributed by atoms with E-state index >= 15 is 0 Å². The number of carbonyl (C=O) groups is 1. The second-order valence-electron chi connectivity index (χ2n) is 7.18. The Kier molecular flexibility index (Phi) is 6.97. The highest BCUT2D eigenvalue weighted by molar-refractivity contribution is 7.86. The van der Waals surface area contributed by atoms with Gasteiger partial charge in [-0.15, -0.1) is 3.89 Å². The molecule has 7 N–H and O–H groups in total. The molecule has 0 aliphatic carbocycles. The molecule has 3 rings (SSSR count). The summed E-state index contributed by atoms with van der Waals surface area (Å²) in [6.07, 6.45) is 1.12. The third-order valence-corrected chi connectivity index (χ3v) is 5.72. The van der Waals surface area contributed by atoms with Crippen molar-refractivity contribution in [2.45, 2.75) is 24.7 Å². The molecule has 0 spiro atoms. The SMILES string of the molecule is Cc1ccc(C(=O)Nc2ccc(OCCCc3c(N)nc(N)nc3N)cc2)cc1S(=O)(=O)F. The minimum absolute atomic E-state index is 0.0161. The molecule has 0 unspecified atom stereocenters. The fraction of sp³-hybridized carbons (Fsp3) is 0.190. The molecule has 174 valence electrons. The molecular weight excluding hydrogens is 451 g/mol. The van der Waals surface area contributed by atoms with Gasteiger partial charge in [-0.3, -0.25) is 4.79 Å². The van der Waals surface area contributed by atoms with E-state index in [1.165, 1.54) is 19.1 Å². The number of halogens is 1. The maximum atomic E-state index is 13.4. The van der Waals surface area contributed by atoms with Crippen LogP contribution in [0.2, 0.25) is 0 Å². The number of anilines is 4. The van der Waals surface area contributed by atoms with Crippen LogP contribution in [0.15, 0.2) is 47.4 Å². The Morgan fingerprint density at radius 1 is 1.06 bits per heavy atom. The molecule has 0 fully saturated rings. The second-order valence-corrected chi connectivity index (χ2v) is 8.50. The molecule has 0 radical (unpaired) electrons. The van der Waals surface area contributed by atoms with Crippen molar-refractivity contribution in [3.63, 3.8) is 0 Å². The summed E-state index contributed by atoms with van der Waals surface area (Å²) in [5.41, 5.74) is 18.4. The fourth-order valence-electron chi connectivity index (χ4n) is 3.07. The normalized spacial score (nSPS) is 11.2. The summed E-state index contributed by atoms with van der Waals surface area (Å²) >= 11 is 0. The summed E-state index contributed by atoms with van der Waals surface area (Å²) in [4.78, 5) is 19.7. The van der Waals surface area contributed by atoms with Crippen LogP contribution in [0.4, 0.5) is 27.2 Å². The quantitative estimate of drug-likeness (QED) is 0.282. The van der Waals surface area contributed by atoms with Crippen LogP contribution in [0.25, 0.3) is 0 Å². The highest BCUT2D eigenvalue weighted by Gasteiger charge is 2.18. The van der Waals surface area contributed by atoms with Gasteiger partial charge in [0.1, 0.15) is 22.3 Å². The number of ether oxygens (including phenoxy) is 1. The molecule has 0 aliphatic rings. The Labute approximate surface area is 190 Å². The fourth-order valence-corrected chi connectivity index (χ4v) is 3.80. The van der Waals surface area contributed by atoms with Crippen molar-refractivity contribution in [2.75, 3.05) is 29.1 Å². The largest absolute Gasteiger partial charge is 0.494 e. The Bertz CT molecular complexity index is 1260. The zero-order valence-electron chi connectivity index (χ0n) is 17.7. The number of aryl methyl sites for hydroxylation is 1. The van der Waals surface area contributed by atoms with E-state index in [0.29, 0.717) is 36.4 Å². The molecule has 10 nitrogen and oxygen atoms in total. The van der Waals surface area contributed by atoms with Crippen molar-refractivity contribution in [3.05, 3.63) is 59.2 Å². The minimum Gasteiger partial charge on any atom is -0.494 e. The molecular formula is C21H23FN6O4S. The first-order valence-electron chi connectivity index (χ1n) is 9.81. The third-order valence-electron chi connectivity index (χ3n) is 4.75. The van der Waals surface area contributed by atoms with Crippen molar-refractivity contribution in [2.24, 2.45) is 0 Å². The maximum Gasteiger partial charge on any atom is 0.332 e. The number of nitrogen functional groups attached to an aromatic ring is 3. The first-order chi connectivity index (χ1) is 15.5. The Morgan fingerprint density at radius 2 is 1.70 bits per heavy atom. The van der Waals surface area contributed by atoms with Crippen LogP contribution in [0.1, 0.15) is 27.9 Å². The van der Waals surface area contributed by atoms with Gasteiger partial charge in [-0.05, 0) is 61.7 Å². The number of rotatable bonds is 8. The topological polar surface area (TPSA) is 176 Å². The predicted octanol–water partition coefficient (Wildman–Crippen LogP) is 2.45. The van der Waals surface area contributed by atoms with Crippen LogP contribution in [-0.2, 0) is 16.6 Å². The molecule has 1 aromatic heterocycles. The molecule has 0 saturated heterocycles. The lowest BCUT2D eigenvalue weighted by Gasteiger charge is -2.11. The number of benzene rings is 2. The van der Waals surface area contributed by atoms with Gasteiger partial charge in [0, 0.05) is 16.8 Å². The van der Waals surface area contributed by atoms with Crippen LogP contribution in [-0.4, -0.2) is 30.9 Å². The van der Waals surface area contributed by atoms with Gasteiger partial charge in [-0.2, -0.15) is 18.4 Å². The lowest BCUT2D eigenvalue weighted by Crippen LogP contribution is -2.13. The first kappa shape index (κ1) is 23.7. The van der Waals surface area contributed by atoms with E-state index in [9.17, 15) is 17.1 Å². The zero-order chi connectivity index (χ0) is 24.2. The number of carbonyl (C=O) groups excluding carboxylic acids is 1. The minimum atomic E-state index is -4.93. The van der Waals surface area contributed by atoms with Gasteiger partial charge in [0.2, 0.25) is 5.95 Å². The lowest BCUT2D eigenvalue weighted by molar-refractivity contribution is 0.102. The van der Waals surface area contributed by atoms with Gasteiger partial charge in [0.15, 0.2) is 0 Å². The number of aromatic nitrogens is 2. The third kappa shape index (κ3) is 6.07. The van der Waals surface area contributed by atoms with Crippen molar-refractivity contribution < 1.29 is 21.8 Å². The van der Waals surface area contributed by atoms with Gasteiger partial charge in [0.05, 0.1) is 6.61 Å². The Morgan fingerprint density at radius 3 is 2.30 bits per heavy atom. The summed E-state index contributed by atoms with van der Waals surface area (Å²) in [5, 5.41) is 2.63. The standard InChI is InChI=1S/C21H23FN6O4S/c1-12-4-5-13(11-17(12)33(22,30)31)20(29)26-14-6-8-15(9-7-14)32-10-2-3-16-18(23)27-21(25)28-19(16)24/h4-9,11H,2-3,10H2,1H3,(H,26,29)(H6,23,24,25,27,28). The van der Waals surface area contributed by atoms with Crippen LogP contribution < -0.4 is 27.3 Å². The maximum absolute atomic E-state index is 13.4. The van der Waals surface area contributed by atoms with Gasteiger partial charge >= 0.3 is 10.2 Å². The summed E-state index contributed by atoms with van der Waals surface area (Å²) in [7, 11) is -4.93. The van der Waals surface area contributed by atoms with Crippen LogP contribution in [0.3, 0.4) is 0 Å². The average molecular weight is 475 g/mol. The van der Waals surface area contributed by atoms with E-state index in [4.69, 9.17) is 21.9 Å². The van der Waals surface area contributed by atoms with Gasteiger partial charge < -0.3 is 27.3 Å². The first-order valence-corrected chi connectivity index (χ1v) is 11.2. The lowest BCUT2D eigenvalue weighted by atomic mass is 10.1. The smallest absolute Gasteiger partial charge is 0.332 e. The highest BCUT2D eigenvalue weighted by Crippen LogP contribution is 2.22. The van der Waals surface area contributed by atoms with Crippen LogP contribution >= 0.6 is 0 Å². The number of hydrogen-bond acceptors (Lipinski definition) is 9. The molecule has 0 saturated carbocycles. The van der Waals surface area contributed by atoms with E-state index in [1.807, 2.05) is 0 Å². The molecule has 1 amide bonds. The van der Waals surface area contributed by atoms with Crippen LogP contribution in [0.5, 0.6) is 5.75 Å². The van der Waals surface area contributed by atoms with Crippen molar-refractivity contribution in [1.29, 1.82) is 0 Å². The Hall–Kier alpha value is -3.93. The van der Waals surface area contributed by atoms with E-state index < -0.39 is 21.0 Å². The molecule has 0 aliphatic heterocycles. The molecule has 33 heavy (non-hydrogen) atoms. The molecule has 3 aromatic rings. The van der Waals surface area contributed by atoms with E-state index in [2.05, 4.69) is 15.3 Å². The van der Waals surface area contributed by atoms with Crippen LogP contribution in [0, 0.1) is 6.92 Å². The van der Waals surface area contributed by atoms with Gasteiger partial charge in [-0.1, -0.05) is 6.07 Å². The summed E-state index contributed by atoms with van der Waals surface area (Å²) < 4.78 is 41.5. The molecule has 2 aromatic carbocycles. The number of nitrogens with one attached hydrogen (secondary N) is 1. The average Bonchev–Trinajstić information content (AvgIpc) is 2.73. The number of hydrogen-bond donors (Lipinski definition) is 4. The van der Waals surface area contributed by atoms with Crippen molar-refractivity contribution in [3.8, 4) is 5.75 Å². The Balaban J connectivity index is 1.55. The molecule has 0 bridgehead atoms. The highest BCUT2D eigenvalue weighted by atomic mass is 32.3. The number of nitrogens with two attached hydrogens (primary N) is 3. The second kappa shape index (κ2) is 9.69. The monoisotopic (exact) mass is 474 g/mol. The predicted molar refractivity (Wildman–Crippen MR) is 123 cm³/mol. The molecule has 1 heterocycles. The van der Waals surface area contributed by atoms with E-state index in [0.717, 1.165) is 6.07 Å². The summed E-state index contributed by atoms with van der Waals surface area (Å²) in [5.74, 6) is 0.500. The summed E-state index contributed by atoms with van der Waals surface area (Å²) in [6.45, 7) is 1.82. The van der Waals surface area contributed by atoms with E-state index in [-0.39, 0.29) is 28.7 Å². The van der Waals surface area contributed by atoms with E-state index in [1.54, 1.807) is 24.3 Å². The molecule has 12 heteroatoms. The van der Waals surface area contributed by atoms with Gasteiger partial charge in [-0.25, -0.2) is 0 Å². The van der Waals surface area contributed by atoms with Gasteiger partial charge in [0.25, 0.3) is 5.91 Å². The zero-order valence-corrected chi connectivity index (χ0v) is 18.5.